The van der Waals surface area contributed by atoms with Crippen molar-refractivity contribution in [3.8, 4) is 17.2 Å². The minimum Gasteiger partial charge on any atom is -0.497 e. The molecule has 4 rings (SSSR count). The zero-order valence-electron chi connectivity index (χ0n) is 15.1. The molecule has 3 aromatic rings. The van der Waals surface area contributed by atoms with Crippen LogP contribution in [0.25, 0.3) is 11.5 Å². The number of piperidine rings is 1. The van der Waals surface area contributed by atoms with E-state index in [9.17, 15) is 4.79 Å². The molecule has 7 nitrogen and oxygen atoms in total. The summed E-state index contributed by atoms with van der Waals surface area (Å²) in [5.74, 6) is 2.24. The molecule has 0 unspecified atom stereocenters. The Kier molecular flexibility index (Phi) is 5.02. The molecule has 1 saturated heterocycles. The van der Waals surface area contributed by atoms with Crippen molar-refractivity contribution in [3.05, 3.63) is 54.3 Å². The van der Waals surface area contributed by atoms with Crippen LogP contribution >= 0.6 is 0 Å². The zero-order chi connectivity index (χ0) is 18.6. The fourth-order valence-corrected chi connectivity index (χ4v) is 3.31. The van der Waals surface area contributed by atoms with Crippen molar-refractivity contribution in [1.82, 2.24) is 15.1 Å². The van der Waals surface area contributed by atoms with E-state index in [0.717, 1.165) is 37.2 Å². The van der Waals surface area contributed by atoms with Gasteiger partial charge in [0.1, 0.15) is 12.0 Å². The molecule has 0 spiro atoms. The van der Waals surface area contributed by atoms with Gasteiger partial charge in [0.05, 0.1) is 25.5 Å². The van der Waals surface area contributed by atoms with Crippen molar-refractivity contribution in [3.63, 3.8) is 0 Å². The molecular formula is C20H21N3O4. The van der Waals surface area contributed by atoms with Crippen LogP contribution in [0.2, 0.25) is 0 Å². The number of carbonyl (C=O) groups is 1. The van der Waals surface area contributed by atoms with E-state index in [4.69, 9.17) is 13.6 Å². The first-order chi connectivity index (χ1) is 13.2. The zero-order valence-corrected chi connectivity index (χ0v) is 15.1. The number of furan rings is 1. The lowest BCUT2D eigenvalue weighted by Gasteiger charge is -2.29. The van der Waals surface area contributed by atoms with Crippen LogP contribution in [0.1, 0.15) is 35.0 Å². The quantitative estimate of drug-likeness (QED) is 0.618. The predicted octanol–water partition coefficient (Wildman–Crippen LogP) is 3.40. The van der Waals surface area contributed by atoms with Gasteiger partial charge in [-0.15, -0.1) is 10.2 Å². The minimum absolute atomic E-state index is 0.121. The van der Waals surface area contributed by atoms with Crippen LogP contribution in [0, 0.1) is 0 Å². The number of likely N-dealkylation sites (tertiary alicyclic amines) is 1. The maximum Gasteiger partial charge on any atom is 0.250 e. The summed E-state index contributed by atoms with van der Waals surface area (Å²) in [7, 11) is 1.61. The van der Waals surface area contributed by atoms with Gasteiger partial charge in [-0.2, -0.15) is 0 Å². The molecule has 0 saturated carbocycles. The summed E-state index contributed by atoms with van der Waals surface area (Å²) in [6, 6.07) is 9.04. The first-order valence-corrected chi connectivity index (χ1v) is 8.98. The van der Waals surface area contributed by atoms with Crippen molar-refractivity contribution >= 4 is 5.78 Å². The van der Waals surface area contributed by atoms with Gasteiger partial charge in [0.2, 0.25) is 5.89 Å². The summed E-state index contributed by atoms with van der Waals surface area (Å²) in [5, 5.41) is 8.29. The molecule has 0 atom stereocenters. The molecule has 0 amide bonds. The van der Waals surface area contributed by atoms with Gasteiger partial charge in [0.15, 0.2) is 5.78 Å². The number of benzene rings is 1. The van der Waals surface area contributed by atoms with E-state index in [1.54, 1.807) is 25.7 Å². The molecule has 2 aromatic heterocycles. The Labute approximate surface area is 156 Å². The molecule has 0 N–H and O–H groups in total. The summed E-state index contributed by atoms with van der Waals surface area (Å²) >= 11 is 0. The first kappa shape index (κ1) is 17.5. The average Bonchev–Trinajstić information content (AvgIpc) is 3.40. The molecule has 140 valence electrons. The fraction of sp³-hybridized carbons (Fsp3) is 0.350. The van der Waals surface area contributed by atoms with E-state index in [1.165, 1.54) is 0 Å². The molecule has 0 radical (unpaired) electrons. The summed E-state index contributed by atoms with van der Waals surface area (Å²) in [6.45, 7) is 2.08. The summed E-state index contributed by atoms with van der Waals surface area (Å²) in [4.78, 5) is 14.6. The monoisotopic (exact) mass is 367 g/mol. The molecule has 1 aliphatic heterocycles. The molecule has 0 aliphatic carbocycles. The Balaban J connectivity index is 1.31. The molecule has 3 heterocycles. The number of ether oxygens (including phenoxy) is 1. The number of rotatable bonds is 6. The van der Waals surface area contributed by atoms with Crippen LogP contribution in [0.15, 0.2) is 51.7 Å². The average molecular weight is 367 g/mol. The van der Waals surface area contributed by atoms with E-state index in [-0.39, 0.29) is 11.7 Å². The molecule has 1 fully saturated rings. The van der Waals surface area contributed by atoms with Crippen LogP contribution in [0.5, 0.6) is 5.75 Å². The number of hydrogen-bond acceptors (Lipinski definition) is 7. The summed E-state index contributed by atoms with van der Waals surface area (Å²) in [5.41, 5.74) is 1.50. The second-order valence-electron chi connectivity index (χ2n) is 6.66. The molecule has 1 aromatic carbocycles. The number of ketones is 1. The van der Waals surface area contributed by atoms with Gasteiger partial charge in [-0.05, 0) is 56.3 Å². The van der Waals surface area contributed by atoms with Gasteiger partial charge in [-0.1, -0.05) is 0 Å². The van der Waals surface area contributed by atoms with E-state index in [0.29, 0.717) is 23.9 Å². The second-order valence-corrected chi connectivity index (χ2v) is 6.66. The molecule has 27 heavy (non-hydrogen) atoms. The minimum atomic E-state index is 0.121. The smallest absolute Gasteiger partial charge is 0.250 e. The third-order valence-electron chi connectivity index (χ3n) is 4.92. The van der Waals surface area contributed by atoms with Crippen LogP contribution < -0.4 is 4.74 Å². The van der Waals surface area contributed by atoms with Gasteiger partial charge in [-0.3, -0.25) is 9.69 Å². The SMILES string of the molecule is COc1ccc(C(=O)CN2CCC(c3nnc(-c4ccoc4)o3)CC2)cc1. The van der Waals surface area contributed by atoms with Crippen LogP contribution in [0.3, 0.4) is 0 Å². The van der Waals surface area contributed by atoms with Gasteiger partial charge in [-0.25, -0.2) is 0 Å². The van der Waals surface area contributed by atoms with Gasteiger partial charge in [0.25, 0.3) is 5.89 Å². The van der Waals surface area contributed by atoms with Crippen molar-refractivity contribution < 1.29 is 18.4 Å². The third-order valence-corrected chi connectivity index (χ3v) is 4.92. The van der Waals surface area contributed by atoms with Crippen LogP contribution in [-0.2, 0) is 0 Å². The predicted molar refractivity (Wildman–Crippen MR) is 97.7 cm³/mol. The van der Waals surface area contributed by atoms with E-state index < -0.39 is 0 Å². The van der Waals surface area contributed by atoms with E-state index in [2.05, 4.69) is 15.1 Å². The Morgan fingerprint density at radius 3 is 2.63 bits per heavy atom. The largest absolute Gasteiger partial charge is 0.497 e. The molecule has 1 aliphatic rings. The summed E-state index contributed by atoms with van der Waals surface area (Å²) < 4.78 is 16.0. The normalized spacial score (nSPS) is 15.7. The highest BCUT2D eigenvalue weighted by atomic mass is 16.5. The molecule has 7 heteroatoms. The van der Waals surface area contributed by atoms with E-state index in [1.807, 2.05) is 24.3 Å². The lowest BCUT2D eigenvalue weighted by atomic mass is 9.96. The van der Waals surface area contributed by atoms with Crippen molar-refractivity contribution in [1.29, 1.82) is 0 Å². The molecule has 0 bridgehead atoms. The second kappa shape index (κ2) is 7.75. The number of nitrogens with zero attached hydrogens (tertiary/aromatic N) is 3. The maximum absolute atomic E-state index is 12.5. The van der Waals surface area contributed by atoms with Crippen LogP contribution in [0.4, 0.5) is 0 Å². The summed E-state index contributed by atoms with van der Waals surface area (Å²) in [6.07, 6.45) is 4.95. The lowest BCUT2D eigenvalue weighted by molar-refractivity contribution is 0.0906. The Hall–Kier alpha value is -2.93. The lowest BCUT2D eigenvalue weighted by Crippen LogP contribution is -2.36. The number of aromatic nitrogens is 2. The highest BCUT2D eigenvalue weighted by Crippen LogP contribution is 2.29. The standard InChI is InChI=1S/C20H21N3O4/c1-25-17-4-2-14(3-5-17)18(24)12-23-9-6-15(7-10-23)19-21-22-20(27-19)16-8-11-26-13-16/h2-5,8,11,13,15H,6-7,9-10,12H2,1H3. The maximum atomic E-state index is 12.5. The third kappa shape index (κ3) is 3.93. The fourth-order valence-electron chi connectivity index (χ4n) is 3.31. The first-order valence-electron chi connectivity index (χ1n) is 8.98. The van der Waals surface area contributed by atoms with Crippen molar-refractivity contribution in [2.75, 3.05) is 26.7 Å². The van der Waals surface area contributed by atoms with Gasteiger partial charge < -0.3 is 13.6 Å². The van der Waals surface area contributed by atoms with Crippen molar-refractivity contribution in [2.45, 2.75) is 18.8 Å². The number of hydrogen-bond donors (Lipinski definition) is 0. The van der Waals surface area contributed by atoms with Gasteiger partial charge >= 0.3 is 0 Å². The number of methoxy groups -OCH3 is 1. The number of carbonyl (C=O) groups excluding carboxylic acids is 1. The highest BCUT2D eigenvalue weighted by molar-refractivity contribution is 5.97. The number of Topliss-reactive ketones (excluding diaryl/α,β-unsaturated/α-hetero) is 1. The highest BCUT2D eigenvalue weighted by Gasteiger charge is 2.26. The van der Waals surface area contributed by atoms with Crippen molar-refractivity contribution in [2.24, 2.45) is 0 Å². The van der Waals surface area contributed by atoms with Crippen LogP contribution in [-0.4, -0.2) is 47.6 Å². The van der Waals surface area contributed by atoms with E-state index >= 15 is 0 Å². The Bertz CT molecular complexity index is 878. The van der Waals surface area contributed by atoms with Gasteiger partial charge in [0, 0.05) is 11.5 Å². The Morgan fingerprint density at radius 1 is 1.19 bits per heavy atom. The Morgan fingerprint density at radius 2 is 1.96 bits per heavy atom. The topological polar surface area (TPSA) is 81.6 Å². The molecular weight excluding hydrogens is 346 g/mol.